The minimum absolute atomic E-state index is 0.116. The van der Waals surface area contributed by atoms with Gasteiger partial charge in [-0.25, -0.2) is 0 Å². The van der Waals surface area contributed by atoms with Crippen molar-refractivity contribution in [1.29, 1.82) is 0 Å². The molecule has 0 aliphatic carbocycles. The fraction of sp³-hybridized carbons (Fsp3) is 0.263. The van der Waals surface area contributed by atoms with Gasteiger partial charge in [-0.3, -0.25) is 9.59 Å². The predicted molar refractivity (Wildman–Crippen MR) is 91.5 cm³/mol. The third kappa shape index (κ3) is 6.12. The number of hydrogen-bond donors (Lipinski definition) is 1. The zero-order chi connectivity index (χ0) is 17.2. The number of para-hydroxylation sites is 1. The van der Waals surface area contributed by atoms with Crippen molar-refractivity contribution >= 4 is 17.6 Å². The molecule has 2 aromatic carbocycles. The number of ether oxygens (including phenoxy) is 2. The number of benzene rings is 2. The van der Waals surface area contributed by atoms with Gasteiger partial charge in [0.25, 0.3) is 0 Å². The molecule has 0 amide bonds. The maximum Gasteiger partial charge on any atom is 0.325 e. The lowest BCUT2D eigenvalue weighted by Gasteiger charge is -2.08. The monoisotopic (exact) mass is 327 g/mol. The van der Waals surface area contributed by atoms with Gasteiger partial charge in [0, 0.05) is 5.69 Å². The Morgan fingerprint density at radius 3 is 2.21 bits per heavy atom. The van der Waals surface area contributed by atoms with Crippen molar-refractivity contribution in [2.75, 3.05) is 18.5 Å². The van der Waals surface area contributed by atoms with Crippen LogP contribution in [0.2, 0.25) is 0 Å². The highest BCUT2D eigenvalue weighted by atomic mass is 16.5. The molecule has 1 N–H and O–H groups in total. The molecule has 126 valence electrons. The van der Waals surface area contributed by atoms with E-state index in [1.54, 1.807) is 6.92 Å². The van der Waals surface area contributed by atoms with Gasteiger partial charge < -0.3 is 14.8 Å². The molecule has 0 aliphatic heterocycles. The molecule has 0 fully saturated rings. The van der Waals surface area contributed by atoms with Crippen LogP contribution in [-0.2, 0) is 32.1 Å². The molecule has 0 saturated heterocycles. The topological polar surface area (TPSA) is 64.6 Å². The normalized spacial score (nSPS) is 10.0. The van der Waals surface area contributed by atoms with Gasteiger partial charge in [0.1, 0.15) is 13.2 Å². The number of anilines is 1. The zero-order valence-electron chi connectivity index (χ0n) is 13.7. The summed E-state index contributed by atoms with van der Waals surface area (Å²) < 4.78 is 10.1. The van der Waals surface area contributed by atoms with Crippen molar-refractivity contribution < 1.29 is 19.1 Å². The zero-order valence-corrected chi connectivity index (χ0v) is 13.7. The quantitative estimate of drug-likeness (QED) is 0.755. The van der Waals surface area contributed by atoms with E-state index in [1.807, 2.05) is 54.6 Å². The summed E-state index contributed by atoms with van der Waals surface area (Å²) in [5.74, 6) is -0.571. The Balaban J connectivity index is 1.73. The van der Waals surface area contributed by atoms with Gasteiger partial charge in [-0.15, -0.1) is 0 Å². The molecule has 0 spiro atoms. The van der Waals surface area contributed by atoms with Gasteiger partial charge in [0.05, 0.1) is 13.0 Å². The van der Waals surface area contributed by atoms with E-state index in [4.69, 9.17) is 9.47 Å². The van der Waals surface area contributed by atoms with Crippen LogP contribution in [0.25, 0.3) is 0 Å². The molecular weight excluding hydrogens is 306 g/mol. The molecule has 0 aromatic heterocycles. The van der Waals surface area contributed by atoms with Crippen LogP contribution < -0.4 is 5.32 Å². The predicted octanol–water partition coefficient (Wildman–Crippen LogP) is 2.95. The van der Waals surface area contributed by atoms with Crippen molar-refractivity contribution in [1.82, 2.24) is 0 Å². The first-order valence-corrected chi connectivity index (χ1v) is 7.85. The van der Waals surface area contributed by atoms with E-state index in [2.05, 4.69) is 5.32 Å². The minimum Gasteiger partial charge on any atom is -0.466 e. The minimum atomic E-state index is -0.325. The van der Waals surface area contributed by atoms with Gasteiger partial charge in [-0.2, -0.15) is 0 Å². The SMILES string of the molecule is CCOC(=O)Cc1ccc(COC(=O)CNc2ccccc2)cc1. The van der Waals surface area contributed by atoms with E-state index in [-0.39, 0.29) is 31.5 Å². The number of carbonyl (C=O) groups is 2. The number of nitrogens with one attached hydrogen (secondary N) is 1. The molecule has 0 bridgehead atoms. The summed E-state index contributed by atoms with van der Waals surface area (Å²) >= 11 is 0. The Bertz CT molecular complexity index is 653. The smallest absolute Gasteiger partial charge is 0.325 e. The largest absolute Gasteiger partial charge is 0.466 e. The van der Waals surface area contributed by atoms with E-state index in [0.717, 1.165) is 16.8 Å². The molecule has 0 aliphatic rings. The van der Waals surface area contributed by atoms with Crippen LogP contribution in [-0.4, -0.2) is 25.1 Å². The lowest BCUT2D eigenvalue weighted by atomic mass is 10.1. The molecule has 2 aromatic rings. The first-order chi connectivity index (χ1) is 11.7. The second-order valence-corrected chi connectivity index (χ2v) is 5.18. The first-order valence-electron chi connectivity index (χ1n) is 7.85. The Labute approximate surface area is 141 Å². The van der Waals surface area contributed by atoms with Crippen LogP contribution in [0.5, 0.6) is 0 Å². The highest BCUT2D eigenvalue weighted by Crippen LogP contribution is 2.08. The summed E-state index contributed by atoms with van der Waals surface area (Å²) in [7, 11) is 0. The highest BCUT2D eigenvalue weighted by molar-refractivity contribution is 5.75. The molecular formula is C19H21NO4. The molecule has 2 rings (SSSR count). The van der Waals surface area contributed by atoms with Gasteiger partial charge >= 0.3 is 11.9 Å². The summed E-state index contributed by atoms with van der Waals surface area (Å²) in [6.07, 6.45) is 0.245. The molecule has 0 saturated carbocycles. The number of rotatable bonds is 8. The Hall–Kier alpha value is -2.82. The van der Waals surface area contributed by atoms with E-state index < -0.39 is 0 Å². The fourth-order valence-corrected chi connectivity index (χ4v) is 2.08. The molecule has 5 heteroatoms. The summed E-state index contributed by atoms with van der Waals surface area (Å²) in [5.41, 5.74) is 2.61. The molecule has 5 nitrogen and oxygen atoms in total. The van der Waals surface area contributed by atoms with Crippen LogP contribution in [0.15, 0.2) is 54.6 Å². The average molecular weight is 327 g/mol. The van der Waals surface area contributed by atoms with Gasteiger partial charge in [0.15, 0.2) is 0 Å². The Morgan fingerprint density at radius 1 is 0.875 bits per heavy atom. The van der Waals surface area contributed by atoms with Crippen molar-refractivity contribution in [3.63, 3.8) is 0 Å². The molecule has 0 atom stereocenters. The average Bonchev–Trinajstić information content (AvgIpc) is 2.60. The highest BCUT2D eigenvalue weighted by Gasteiger charge is 2.06. The van der Waals surface area contributed by atoms with Crippen molar-refractivity contribution in [2.24, 2.45) is 0 Å². The summed E-state index contributed by atoms with van der Waals surface area (Å²) in [5, 5.41) is 3.00. The van der Waals surface area contributed by atoms with E-state index >= 15 is 0 Å². The van der Waals surface area contributed by atoms with Gasteiger partial charge in [0.2, 0.25) is 0 Å². The maximum atomic E-state index is 11.7. The van der Waals surface area contributed by atoms with E-state index in [0.29, 0.717) is 6.61 Å². The second-order valence-electron chi connectivity index (χ2n) is 5.18. The number of carbonyl (C=O) groups excluding carboxylic acids is 2. The molecule has 0 radical (unpaired) electrons. The van der Waals surface area contributed by atoms with Crippen LogP contribution in [0.1, 0.15) is 18.1 Å². The standard InChI is InChI=1S/C19H21NO4/c1-2-23-18(21)12-15-8-10-16(11-9-15)14-24-19(22)13-20-17-6-4-3-5-7-17/h3-11,20H,2,12-14H2,1H3. The lowest BCUT2D eigenvalue weighted by molar-refractivity contribution is -0.143. The molecule has 0 heterocycles. The van der Waals surface area contributed by atoms with Crippen molar-refractivity contribution in [3.8, 4) is 0 Å². The van der Waals surface area contributed by atoms with Crippen LogP contribution in [0.4, 0.5) is 5.69 Å². The molecule has 0 unspecified atom stereocenters. The number of hydrogen-bond acceptors (Lipinski definition) is 5. The van der Waals surface area contributed by atoms with E-state index in [1.165, 1.54) is 0 Å². The Kier molecular flexibility index (Phi) is 6.83. The van der Waals surface area contributed by atoms with Crippen LogP contribution >= 0.6 is 0 Å². The number of esters is 2. The van der Waals surface area contributed by atoms with Gasteiger partial charge in [-0.1, -0.05) is 42.5 Å². The first kappa shape index (κ1) is 17.5. The Morgan fingerprint density at radius 2 is 1.54 bits per heavy atom. The molecule has 24 heavy (non-hydrogen) atoms. The van der Waals surface area contributed by atoms with Crippen molar-refractivity contribution in [3.05, 3.63) is 65.7 Å². The summed E-state index contributed by atoms with van der Waals surface area (Å²) in [4.78, 5) is 23.1. The maximum absolute atomic E-state index is 11.7. The third-order valence-electron chi connectivity index (χ3n) is 3.29. The third-order valence-corrected chi connectivity index (χ3v) is 3.29. The second kappa shape index (κ2) is 9.35. The lowest BCUT2D eigenvalue weighted by Crippen LogP contribution is -2.16. The van der Waals surface area contributed by atoms with Crippen LogP contribution in [0.3, 0.4) is 0 Å². The van der Waals surface area contributed by atoms with Crippen molar-refractivity contribution in [2.45, 2.75) is 20.0 Å². The summed E-state index contributed by atoms with van der Waals surface area (Å²) in [6.45, 7) is 2.48. The van der Waals surface area contributed by atoms with E-state index in [9.17, 15) is 9.59 Å². The fourth-order valence-electron chi connectivity index (χ4n) is 2.08. The van der Waals surface area contributed by atoms with Gasteiger partial charge in [-0.05, 0) is 30.2 Å². The van der Waals surface area contributed by atoms with Crippen LogP contribution in [0, 0.1) is 0 Å². The summed E-state index contributed by atoms with van der Waals surface area (Å²) in [6, 6.07) is 16.8.